The first-order valence-electron chi connectivity index (χ1n) is 11.2. The molecule has 3 atom stereocenters. The molecule has 2 saturated heterocycles. The van der Waals surface area contributed by atoms with E-state index in [-0.39, 0.29) is 12.3 Å². The minimum Gasteiger partial charge on any atom is -0.470 e. The molecule has 0 aliphatic carbocycles. The first kappa shape index (κ1) is 26.8. The van der Waals surface area contributed by atoms with Gasteiger partial charge in [0.2, 0.25) is 0 Å². The van der Waals surface area contributed by atoms with Crippen molar-refractivity contribution in [3.8, 4) is 11.5 Å². The van der Waals surface area contributed by atoms with Gasteiger partial charge < -0.3 is 24.8 Å². The number of halogens is 7. The smallest absolute Gasteiger partial charge is 0.470 e. The highest BCUT2D eigenvalue weighted by atomic mass is 19.4. The number of rotatable bonds is 6. The van der Waals surface area contributed by atoms with Gasteiger partial charge in [-0.2, -0.15) is 13.2 Å². The van der Waals surface area contributed by atoms with Gasteiger partial charge in [-0.3, -0.25) is 5.32 Å². The summed E-state index contributed by atoms with van der Waals surface area (Å²) in [6.07, 6.45) is -10.2. The van der Waals surface area contributed by atoms with Crippen LogP contribution in [0.3, 0.4) is 0 Å². The monoisotopic (exact) mass is 537 g/mol. The summed E-state index contributed by atoms with van der Waals surface area (Å²) in [4.78, 5) is 12.5. The highest BCUT2D eigenvalue weighted by Crippen LogP contribution is 2.53. The molecule has 2 aromatic carbocycles. The molecule has 14 heteroatoms. The number of nitrogens with one attached hydrogen (secondary N) is 3. The number of para-hydroxylation sites is 1. The van der Waals surface area contributed by atoms with Crippen molar-refractivity contribution in [3.05, 3.63) is 53.8 Å². The molecule has 7 nitrogen and oxygen atoms in total. The molecule has 2 amide bonds. The Morgan fingerprint density at radius 2 is 1.78 bits per heavy atom. The van der Waals surface area contributed by atoms with E-state index < -0.39 is 65.7 Å². The van der Waals surface area contributed by atoms with Crippen molar-refractivity contribution < 1.29 is 49.7 Å². The maximum absolute atomic E-state index is 14.7. The van der Waals surface area contributed by atoms with Gasteiger partial charge >= 0.3 is 18.6 Å². The molecule has 0 spiro atoms. The van der Waals surface area contributed by atoms with Crippen LogP contribution in [0.4, 0.5) is 41.2 Å². The minimum atomic E-state index is -4.86. The van der Waals surface area contributed by atoms with Crippen molar-refractivity contribution in [2.24, 2.45) is 0 Å². The van der Waals surface area contributed by atoms with Crippen LogP contribution in [0.2, 0.25) is 0 Å². The van der Waals surface area contributed by atoms with Crippen LogP contribution >= 0.6 is 0 Å². The Labute approximate surface area is 206 Å². The van der Waals surface area contributed by atoms with Gasteiger partial charge in [-0.1, -0.05) is 12.1 Å². The number of carbonyl (C=O) groups is 1. The minimum absolute atomic E-state index is 0.148. The van der Waals surface area contributed by atoms with Crippen molar-refractivity contribution in [1.82, 2.24) is 10.6 Å². The molecule has 2 aliphatic rings. The number of benzene rings is 2. The average molecular weight is 537 g/mol. The first-order chi connectivity index (χ1) is 17.4. The van der Waals surface area contributed by atoms with Crippen molar-refractivity contribution in [2.75, 3.05) is 18.5 Å². The molecule has 0 bridgehead atoms. The van der Waals surface area contributed by atoms with E-state index in [1.54, 1.807) is 0 Å². The molecule has 4 rings (SSSR count). The van der Waals surface area contributed by atoms with Crippen LogP contribution in [0, 0.1) is 5.82 Å². The van der Waals surface area contributed by atoms with Crippen molar-refractivity contribution in [3.63, 3.8) is 0 Å². The Morgan fingerprint density at radius 3 is 2.38 bits per heavy atom. The predicted octanol–water partition coefficient (Wildman–Crippen LogP) is 5.18. The number of alkyl halides is 6. The summed E-state index contributed by atoms with van der Waals surface area (Å²) in [5.41, 5.74) is -3.04. The highest BCUT2D eigenvalue weighted by Gasteiger charge is 2.63. The zero-order chi connectivity index (χ0) is 26.8. The molecule has 0 saturated carbocycles. The fourth-order valence-corrected chi connectivity index (χ4v) is 4.18. The molecule has 0 radical (unpaired) electrons. The van der Waals surface area contributed by atoms with Crippen molar-refractivity contribution >= 4 is 11.7 Å². The fourth-order valence-electron chi connectivity index (χ4n) is 4.18. The van der Waals surface area contributed by atoms with E-state index in [4.69, 9.17) is 9.47 Å². The lowest BCUT2D eigenvalue weighted by molar-refractivity contribution is -0.334. The van der Waals surface area contributed by atoms with E-state index in [2.05, 4.69) is 20.7 Å². The molecule has 3 unspecified atom stereocenters. The summed E-state index contributed by atoms with van der Waals surface area (Å²) in [7, 11) is 0. The molecule has 0 aromatic heterocycles. The lowest BCUT2D eigenvalue weighted by Gasteiger charge is -2.44. The summed E-state index contributed by atoms with van der Waals surface area (Å²) in [6.45, 7) is 0.251. The standard InChI is InChI=1S/C23H22F7N3O4/c24-16-4-1-3-15(21(10-12-35-21)22(25,26)27)18(16)36-19-17(5-2-11-31-19)33-20(34)32-13-6-8-14(9-7-13)37-23(28,29)30/h1,3-4,6-9,17,19,31H,2,5,10-12H2,(H2,32,33,34). The first-order valence-corrected chi connectivity index (χ1v) is 11.2. The van der Waals surface area contributed by atoms with Gasteiger partial charge in [0.1, 0.15) is 5.75 Å². The number of urea groups is 1. The summed E-state index contributed by atoms with van der Waals surface area (Å²) in [6, 6.07) is 6.05. The molecule has 202 valence electrons. The number of ether oxygens (including phenoxy) is 3. The van der Waals surface area contributed by atoms with E-state index in [0.717, 1.165) is 30.3 Å². The number of hydrogen-bond acceptors (Lipinski definition) is 5. The number of carbonyl (C=O) groups excluding carboxylic acids is 1. The molecular weight excluding hydrogens is 515 g/mol. The third kappa shape index (κ3) is 6.01. The topological polar surface area (TPSA) is 80.9 Å². The van der Waals surface area contributed by atoms with E-state index in [1.807, 2.05) is 0 Å². The molecule has 2 aromatic rings. The second-order valence-corrected chi connectivity index (χ2v) is 8.45. The van der Waals surface area contributed by atoms with Crippen LogP contribution in [-0.4, -0.2) is 44.0 Å². The second-order valence-electron chi connectivity index (χ2n) is 8.45. The number of hydrogen-bond donors (Lipinski definition) is 3. The van der Waals surface area contributed by atoms with Crippen LogP contribution in [-0.2, 0) is 10.3 Å². The zero-order valence-electron chi connectivity index (χ0n) is 19.0. The molecule has 3 N–H and O–H groups in total. The summed E-state index contributed by atoms with van der Waals surface area (Å²) >= 11 is 0. The number of amides is 2. The van der Waals surface area contributed by atoms with E-state index >= 15 is 0 Å². The molecular formula is C23H22F7N3O4. The lowest BCUT2D eigenvalue weighted by atomic mass is 9.85. The Hall–Kier alpha value is -3.26. The summed E-state index contributed by atoms with van der Waals surface area (Å²) in [5, 5.41) is 7.96. The Bertz CT molecular complexity index is 1100. The van der Waals surface area contributed by atoms with Gasteiger partial charge in [-0.25, -0.2) is 9.18 Å². The predicted molar refractivity (Wildman–Crippen MR) is 115 cm³/mol. The Morgan fingerprint density at radius 1 is 1.08 bits per heavy atom. The van der Waals surface area contributed by atoms with Crippen LogP contribution in [0.25, 0.3) is 0 Å². The number of anilines is 1. The molecule has 2 fully saturated rings. The summed E-state index contributed by atoms with van der Waals surface area (Å²) in [5.74, 6) is -2.13. The third-order valence-corrected chi connectivity index (χ3v) is 5.97. The van der Waals surface area contributed by atoms with Crippen LogP contribution in [0.15, 0.2) is 42.5 Å². The SMILES string of the molecule is O=C(Nc1ccc(OC(F)(F)F)cc1)NC1CCCNC1Oc1c(F)cccc1C1(C(F)(F)F)CCO1. The van der Waals surface area contributed by atoms with Gasteiger partial charge in [-0.05, 0) is 49.7 Å². The van der Waals surface area contributed by atoms with Gasteiger partial charge in [-0.15, -0.1) is 13.2 Å². The second kappa shape index (κ2) is 10.2. The quantitative estimate of drug-likeness (QED) is 0.443. The average Bonchev–Trinajstić information content (AvgIpc) is 2.75. The van der Waals surface area contributed by atoms with Gasteiger partial charge in [0.15, 0.2) is 23.4 Å². The molecule has 2 heterocycles. The maximum Gasteiger partial charge on any atom is 0.573 e. The van der Waals surface area contributed by atoms with E-state index in [1.165, 1.54) is 12.1 Å². The highest BCUT2D eigenvalue weighted by molar-refractivity contribution is 5.89. The molecule has 37 heavy (non-hydrogen) atoms. The lowest BCUT2D eigenvalue weighted by Crippen LogP contribution is -2.57. The summed E-state index contributed by atoms with van der Waals surface area (Å²) < 4.78 is 108. The van der Waals surface area contributed by atoms with Crippen LogP contribution < -0.4 is 25.4 Å². The third-order valence-electron chi connectivity index (χ3n) is 5.97. The Kier molecular flexibility index (Phi) is 7.42. The van der Waals surface area contributed by atoms with E-state index in [9.17, 15) is 35.5 Å². The van der Waals surface area contributed by atoms with Crippen LogP contribution in [0.1, 0.15) is 24.8 Å². The fraction of sp³-hybridized carbons (Fsp3) is 0.435. The largest absolute Gasteiger partial charge is 0.573 e. The zero-order valence-corrected chi connectivity index (χ0v) is 19.0. The normalized spacial score (nSPS) is 24.1. The van der Waals surface area contributed by atoms with Gasteiger partial charge in [0, 0.05) is 17.7 Å². The maximum atomic E-state index is 14.7. The van der Waals surface area contributed by atoms with Crippen LogP contribution in [0.5, 0.6) is 11.5 Å². The van der Waals surface area contributed by atoms with Gasteiger partial charge in [0.05, 0.1) is 12.6 Å². The Balaban J connectivity index is 1.46. The van der Waals surface area contributed by atoms with E-state index in [0.29, 0.717) is 19.4 Å². The molecule has 2 aliphatic heterocycles. The van der Waals surface area contributed by atoms with Crippen molar-refractivity contribution in [1.29, 1.82) is 0 Å². The van der Waals surface area contributed by atoms with Crippen molar-refractivity contribution in [2.45, 2.75) is 49.7 Å². The number of piperidine rings is 1. The van der Waals surface area contributed by atoms with Gasteiger partial charge in [0.25, 0.3) is 0 Å².